The molecule has 0 radical (unpaired) electrons. The molecule has 2 bridgehead atoms. The summed E-state index contributed by atoms with van der Waals surface area (Å²) in [5.74, 6) is -5.47. The fraction of sp³-hybridized carbons (Fsp3) is 0.258. The summed E-state index contributed by atoms with van der Waals surface area (Å²) in [5.41, 5.74) is -5.63. The molecule has 10 nitrogen and oxygen atoms in total. The van der Waals surface area contributed by atoms with E-state index in [1.807, 2.05) is 6.08 Å². The van der Waals surface area contributed by atoms with Crippen LogP contribution in [0.5, 0.6) is 11.5 Å². The van der Waals surface area contributed by atoms with E-state index in [0.717, 1.165) is 24.3 Å². The Morgan fingerprint density at radius 1 is 0.957 bits per heavy atom. The van der Waals surface area contributed by atoms with Gasteiger partial charge in [-0.15, -0.1) is 0 Å². The Morgan fingerprint density at radius 3 is 2.37 bits per heavy atom. The first-order valence-corrected chi connectivity index (χ1v) is 15.2. The SMILES string of the molecule is COc1cc(F)c(OCc2ccccc2C(=O)O)cc1C(=O)NC1C2C=CC(C2)C1C(=O)Nc1cccc(S(=O)(=O)C(F)(F)F)c1. The van der Waals surface area contributed by atoms with E-state index in [1.165, 1.54) is 31.4 Å². The fourth-order valence-corrected chi connectivity index (χ4v) is 6.52. The third-order valence-corrected chi connectivity index (χ3v) is 9.39. The monoisotopic (exact) mass is 662 g/mol. The van der Waals surface area contributed by atoms with Gasteiger partial charge in [-0.1, -0.05) is 36.4 Å². The number of hydrogen-bond donors (Lipinski definition) is 3. The van der Waals surface area contributed by atoms with Gasteiger partial charge in [0, 0.05) is 23.4 Å². The molecule has 46 heavy (non-hydrogen) atoms. The number of methoxy groups -OCH3 is 1. The number of carboxylic acid groups (broad SMARTS) is 1. The molecule has 0 saturated heterocycles. The Kier molecular flexibility index (Phi) is 8.80. The number of rotatable bonds is 10. The van der Waals surface area contributed by atoms with Crippen molar-refractivity contribution >= 4 is 33.3 Å². The van der Waals surface area contributed by atoms with Crippen molar-refractivity contribution in [1.82, 2.24) is 5.32 Å². The van der Waals surface area contributed by atoms with Crippen molar-refractivity contribution in [2.45, 2.75) is 29.5 Å². The molecule has 15 heteroatoms. The lowest BCUT2D eigenvalue weighted by Crippen LogP contribution is -2.47. The molecule has 1 saturated carbocycles. The van der Waals surface area contributed by atoms with Crippen molar-refractivity contribution in [2.75, 3.05) is 12.4 Å². The molecule has 2 aliphatic rings. The molecule has 3 aromatic carbocycles. The van der Waals surface area contributed by atoms with Gasteiger partial charge in [0.2, 0.25) is 5.91 Å². The van der Waals surface area contributed by atoms with Gasteiger partial charge in [-0.2, -0.15) is 13.2 Å². The molecule has 0 heterocycles. The van der Waals surface area contributed by atoms with Crippen molar-refractivity contribution in [3.05, 3.63) is 95.3 Å². The van der Waals surface area contributed by atoms with Gasteiger partial charge in [-0.05, 0) is 48.6 Å². The Bertz CT molecular complexity index is 1840. The fourth-order valence-electron chi connectivity index (χ4n) is 5.71. The van der Waals surface area contributed by atoms with Gasteiger partial charge in [-0.25, -0.2) is 17.6 Å². The van der Waals surface area contributed by atoms with E-state index in [1.54, 1.807) is 12.1 Å². The molecule has 5 rings (SSSR count). The second kappa shape index (κ2) is 12.5. The normalized spacial score (nSPS) is 20.3. The number of amides is 2. The van der Waals surface area contributed by atoms with Crippen LogP contribution in [0.3, 0.4) is 0 Å². The van der Waals surface area contributed by atoms with Crippen molar-refractivity contribution in [1.29, 1.82) is 0 Å². The molecular weight excluding hydrogens is 636 g/mol. The maximum absolute atomic E-state index is 14.9. The summed E-state index contributed by atoms with van der Waals surface area (Å²) >= 11 is 0. The van der Waals surface area contributed by atoms with Crippen LogP contribution in [0.1, 0.15) is 32.7 Å². The molecule has 0 aromatic heterocycles. The average molecular weight is 663 g/mol. The van der Waals surface area contributed by atoms with Gasteiger partial charge in [0.15, 0.2) is 11.6 Å². The number of carbonyl (C=O) groups excluding carboxylic acids is 2. The summed E-state index contributed by atoms with van der Waals surface area (Å²) in [6.45, 7) is -0.322. The average Bonchev–Trinajstić information content (AvgIpc) is 3.62. The number of hydrogen-bond acceptors (Lipinski definition) is 7. The first-order chi connectivity index (χ1) is 21.7. The minimum absolute atomic E-state index is 0.0447. The number of carbonyl (C=O) groups is 3. The molecule has 4 atom stereocenters. The third kappa shape index (κ3) is 6.27. The number of nitrogens with one attached hydrogen (secondary N) is 2. The maximum atomic E-state index is 14.9. The number of halogens is 4. The van der Waals surface area contributed by atoms with Crippen LogP contribution in [0.15, 0.2) is 77.7 Å². The molecule has 242 valence electrons. The molecule has 1 fully saturated rings. The highest BCUT2D eigenvalue weighted by atomic mass is 32.2. The lowest BCUT2D eigenvalue weighted by Gasteiger charge is -2.28. The van der Waals surface area contributed by atoms with Crippen molar-refractivity contribution in [3.8, 4) is 11.5 Å². The first kappa shape index (κ1) is 32.5. The van der Waals surface area contributed by atoms with E-state index in [2.05, 4.69) is 10.6 Å². The second-order valence-electron chi connectivity index (χ2n) is 10.7. The molecule has 2 aliphatic carbocycles. The van der Waals surface area contributed by atoms with E-state index in [0.29, 0.717) is 12.5 Å². The number of allylic oxidation sites excluding steroid dienone is 1. The zero-order valence-corrected chi connectivity index (χ0v) is 24.7. The molecule has 3 N–H and O–H groups in total. The zero-order valence-electron chi connectivity index (χ0n) is 23.9. The highest BCUT2D eigenvalue weighted by molar-refractivity contribution is 7.92. The number of ether oxygens (including phenoxy) is 2. The van der Waals surface area contributed by atoms with E-state index in [-0.39, 0.29) is 52.3 Å². The smallest absolute Gasteiger partial charge is 0.496 e. The number of alkyl halides is 3. The minimum atomic E-state index is -5.65. The Hall–Kier alpha value is -4.92. The highest BCUT2D eigenvalue weighted by Gasteiger charge is 2.49. The second-order valence-corrected chi connectivity index (χ2v) is 12.6. The molecule has 4 unspecified atom stereocenters. The van der Waals surface area contributed by atoms with E-state index in [9.17, 15) is 45.5 Å². The number of fused-ring (bicyclic) bond motifs is 2. The molecular formula is C31H26F4N2O8S. The van der Waals surface area contributed by atoms with Gasteiger partial charge in [0.1, 0.15) is 12.4 Å². The molecule has 0 spiro atoms. The Balaban J connectivity index is 1.35. The standard InChI is InChI=1S/C31H26F4N2O8S/c1-44-24-14-23(32)25(45-15-18-5-2-3-8-21(18)30(40)41)13-22(24)28(38)37-27-17-10-9-16(11-17)26(27)29(39)36-19-6-4-7-20(12-19)46(42,43)31(33,34)35/h2-10,12-14,16-17,26-27H,11,15H2,1H3,(H,36,39)(H,37,38)(H,40,41). The molecule has 3 aromatic rings. The summed E-state index contributed by atoms with van der Waals surface area (Å²) in [6, 6.07) is 11.0. The van der Waals surface area contributed by atoms with Crippen LogP contribution in [0, 0.1) is 23.6 Å². The number of aromatic carboxylic acids is 1. The number of sulfone groups is 1. The van der Waals surface area contributed by atoms with E-state index in [4.69, 9.17) is 9.47 Å². The Labute approximate surface area is 259 Å². The summed E-state index contributed by atoms with van der Waals surface area (Å²) in [5, 5.41) is 14.7. The first-order valence-electron chi connectivity index (χ1n) is 13.7. The summed E-state index contributed by atoms with van der Waals surface area (Å²) in [6.07, 6.45) is 4.11. The largest absolute Gasteiger partial charge is 0.501 e. The van der Waals surface area contributed by atoms with Gasteiger partial charge >= 0.3 is 11.5 Å². The predicted molar refractivity (Wildman–Crippen MR) is 154 cm³/mol. The van der Waals surface area contributed by atoms with Crippen molar-refractivity contribution < 1.29 is 54.9 Å². The van der Waals surface area contributed by atoms with Crippen LogP contribution in [0.4, 0.5) is 23.2 Å². The van der Waals surface area contributed by atoms with E-state index < -0.39 is 55.8 Å². The van der Waals surface area contributed by atoms with Crippen LogP contribution < -0.4 is 20.1 Å². The Morgan fingerprint density at radius 2 is 1.67 bits per heavy atom. The van der Waals surface area contributed by atoms with Gasteiger partial charge in [-0.3, -0.25) is 9.59 Å². The minimum Gasteiger partial charge on any atom is -0.496 e. The topological polar surface area (TPSA) is 148 Å². The summed E-state index contributed by atoms with van der Waals surface area (Å²) in [4.78, 5) is 37.4. The van der Waals surface area contributed by atoms with E-state index >= 15 is 0 Å². The van der Waals surface area contributed by atoms with Crippen LogP contribution in [-0.2, 0) is 21.2 Å². The summed E-state index contributed by atoms with van der Waals surface area (Å²) < 4.78 is 88.5. The predicted octanol–water partition coefficient (Wildman–Crippen LogP) is 4.96. The maximum Gasteiger partial charge on any atom is 0.501 e. The zero-order chi connectivity index (χ0) is 33.4. The number of benzene rings is 3. The quantitative estimate of drug-likeness (QED) is 0.204. The third-order valence-electron chi connectivity index (χ3n) is 7.91. The van der Waals surface area contributed by atoms with Crippen LogP contribution >= 0.6 is 0 Å². The van der Waals surface area contributed by atoms with Crippen LogP contribution in [-0.4, -0.2) is 50.0 Å². The lowest BCUT2D eigenvalue weighted by atomic mass is 9.87. The van der Waals surface area contributed by atoms with Gasteiger partial charge in [0.25, 0.3) is 15.7 Å². The highest BCUT2D eigenvalue weighted by Crippen LogP contribution is 2.45. The summed E-state index contributed by atoms with van der Waals surface area (Å²) in [7, 11) is -4.43. The van der Waals surface area contributed by atoms with Crippen molar-refractivity contribution in [2.24, 2.45) is 17.8 Å². The molecule has 2 amide bonds. The van der Waals surface area contributed by atoms with Gasteiger partial charge < -0.3 is 25.2 Å². The van der Waals surface area contributed by atoms with Crippen LogP contribution in [0.25, 0.3) is 0 Å². The number of anilines is 1. The van der Waals surface area contributed by atoms with Gasteiger partial charge in [0.05, 0.1) is 29.1 Å². The van der Waals surface area contributed by atoms with Crippen molar-refractivity contribution in [3.63, 3.8) is 0 Å². The lowest BCUT2D eigenvalue weighted by molar-refractivity contribution is -0.121. The molecule has 0 aliphatic heterocycles. The van der Waals surface area contributed by atoms with Crippen LogP contribution in [0.2, 0.25) is 0 Å². The number of carboxylic acids is 1.